The van der Waals surface area contributed by atoms with E-state index in [1.807, 2.05) is 0 Å². The SMILES string of the molecule is N#C/C(=C/NC(=O)c1ccccc1N)C(=O)NCc1ccco1. The molecule has 0 fully saturated rings. The number of nitrogens with zero attached hydrogens (tertiary/aromatic N) is 1. The minimum absolute atomic E-state index is 0.143. The molecule has 0 aliphatic heterocycles. The van der Waals surface area contributed by atoms with Crippen molar-refractivity contribution in [2.75, 3.05) is 5.73 Å². The Morgan fingerprint density at radius 2 is 2.04 bits per heavy atom. The Bertz CT molecular complexity index is 773. The van der Waals surface area contributed by atoms with Crippen LogP contribution in [-0.4, -0.2) is 11.8 Å². The average molecular weight is 310 g/mol. The Morgan fingerprint density at radius 3 is 2.70 bits per heavy atom. The number of hydrogen-bond donors (Lipinski definition) is 3. The van der Waals surface area contributed by atoms with Crippen LogP contribution in [0.3, 0.4) is 0 Å². The first-order valence-electron chi connectivity index (χ1n) is 6.68. The molecule has 0 unspecified atom stereocenters. The van der Waals surface area contributed by atoms with Crippen LogP contribution in [0.5, 0.6) is 0 Å². The van der Waals surface area contributed by atoms with E-state index >= 15 is 0 Å². The number of nitrogens with two attached hydrogens (primary N) is 1. The van der Waals surface area contributed by atoms with Gasteiger partial charge < -0.3 is 20.8 Å². The topological polar surface area (TPSA) is 121 Å². The number of furan rings is 1. The Labute approximate surface area is 132 Å². The van der Waals surface area contributed by atoms with Gasteiger partial charge in [0, 0.05) is 11.9 Å². The number of nitriles is 1. The molecule has 0 radical (unpaired) electrons. The highest BCUT2D eigenvalue weighted by atomic mass is 16.3. The number of hydrogen-bond acceptors (Lipinski definition) is 5. The third-order valence-corrected chi connectivity index (χ3v) is 2.92. The van der Waals surface area contributed by atoms with E-state index in [0.717, 1.165) is 6.20 Å². The van der Waals surface area contributed by atoms with Crippen LogP contribution in [-0.2, 0) is 11.3 Å². The molecule has 2 rings (SSSR count). The molecule has 0 aliphatic carbocycles. The number of nitrogens with one attached hydrogen (secondary N) is 2. The van der Waals surface area contributed by atoms with Gasteiger partial charge in [0.1, 0.15) is 17.4 Å². The summed E-state index contributed by atoms with van der Waals surface area (Å²) in [5.74, 6) is -0.573. The Morgan fingerprint density at radius 1 is 1.26 bits per heavy atom. The van der Waals surface area contributed by atoms with Crippen molar-refractivity contribution in [3.63, 3.8) is 0 Å². The molecule has 4 N–H and O–H groups in total. The number of nitrogen functional groups attached to an aromatic ring is 1. The standard InChI is InChI=1S/C16H14N4O3/c17-8-11(15(21)20-10-12-4-3-7-23-12)9-19-16(22)13-5-1-2-6-14(13)18/h1-7,9H,10,18H2,(H,19,22)(H,20,21)/b11-9-. The van der Waals surface area contributed by atoms with Crippen LogP contribution >= 0.6 is 0 Å². The number of benzene rings is 1. The Kier molecular flexibility index (Phi) is 5.15. The van der Waals surface area contributed by atoms with Crippen LogP contribution in [0.15, 0.2) is 58.9 Å². The largest absolute Gasteiger partial charge is 0.467 e. The van der Waals surface area contributed by atoms with Crippen molar-refractivity contribution in [3.8, 4) is 6.07 Å². The number of rotatable bonds is 5. The summed E-state index contributed by atoms with van der Waals surface area (Å²) in [5.41, 5.74) is 6.02. The zero-order valence-corrected chi connectivity index (χ0v) is 12.1. The number of carbonyl (C=O) groups excluding carboxylic acids is 2. The second-order valence-electron chi connectivity index (χ2n) is 4.49. The van der Waals surface area contributed by atoms with Gasteiger partial charge in [-0.25, -0.2) is 0 Å². The summed E-state index contributed by atoms with van der Waals surface area (Å²) >= 11 is 0. The van der Waals surface area contributed by atoms with Crippen molar-refractivity contribution in [3.05, 3.63) is 65.8 Å². The summed E-state index contributed by atoms with van der Waals surface area (Å²) in [4.78, 5) is 23.8. The zero-order chi connectivity index (χ0) is 16.7. The minimum atomic E-state index is -0.620. The monoisotopic (exact) mass is 310 g/mol. The maximum atomic E-state index is 12.0. The average Bonchev–Trinajstić information content (AvgIpc) is 3.07. The molecule has 2 aromatic rings. The maximum absolute atomic E-state index is 12.0. The second-order valence-corrected chi connectivity index (χ2v) is 4.49. The van der Waals surface area contributed by atoms with Crippen LogP contribution in [0.4, 0.5) is 5.69 Å². The van der Waals surface area contributed by atoms with E-state index in [-0.39, 0.29) is 17.7 Å². The van der Waals surface area contributed by atoms with Crippen LogP contribution in [0.2, 0.25) is 0 Å². The molecule has 23 heavy (non-hydrogen) atoms. The van der Waals surface area contributed by atoms with E-state index in [1.165, 1.54) is 6.26 Å². The number of anilines is 1. The van der Waals surface area contributed by atoms with E-state index in [4.69, 9.17) is 15.4 Å². The van der Waals surface area contributed by atoms with Crippen LogP contribution < -0.4 is 16.4 Å². The number of amides is 2. The molecular weight excluding hydrogens is 296 g/mol. The van der Waals surface area contributed by atoms with Gasteiger partial charge in [-0.15, -0.1) is 0 Å². The quantitative estimate of drug-likeness (QED) is 0.437. The minimum Gasteiger partial charge on any atom is -0.467 e. The molecule has 0 spiro atoms. The summed E-state index contributed by atoms with van der Waals surface area (Å²) < 4.78 is 5.07. The zero-order valence-electron chi connectivity index (χ0n) is 12.1. The first-order chi connectivity index (χ1) is 11.1. The molecule has 116 valence electrons. The molecule has 0 bridgehead atoms. The molecular formula is C16H14N4O3. The smallest absolute Gasteiger partial charge is 0.263 e. The molecule has 7 heteroatoms. The fraction of sp³-hybridized carbons (Fsp3) is 0.0625. The van der Waals surface area contributed by atoms with Crippen LogP contribution in [0, 0.1) is 11.3 Å². The van der Waals surface area contributed by atoms with Crippen molar-refractivity contribution < 1.29 is 14.0 Å². The predicted molar refractivity (Wildman–Crippen MR) is 82.6 cm³/mol. The van der Waals surface area contributed by atoms with Crippen molar-refractivity contribution in [2.45, 2.75) is 6.54 Å². The normalized spacial score (nSPS) is 10.7. The highest BCUT2D eigenvalue weighted by Crippen LogP contribution is 2.10. The lowest BCUT2D eigenvalue weighted by Crippen LogP contribution is -2.26. The fourth-order valence-corrected chi connectivity index (χ4v) is 1.74. The molecule has 2 amide bonds. The van der Waals surface area contributed by atoms with E-state index in [1.54, 1.807) is 42.5 Å². The van der Waals surface area contributed by atoms with Crippen LogP contribution in [0.25, 0.3) is 0 Å². The summed E-state index contributed by atoms with van der Waals surface area (Å²) in [7, 11) is 0. The van der Waals surface area contributed by atoms with Gasteiger partial charge in [-0.2, -0.15) is 5.26 Å². The van der Waals surface area contributed by atoms with Gasteiger partial charge in [0.25, 0.3) is 11.8 Å². The summed E-state index contributed by atoms with van der Waals surface area (Å²) in [6, 6.07) is 11.6. The third-order valence-electron chi connectivity index (χ3n) is 2.92. The summed E-state index contributed by atoms with van der Waals surface area (Å²) in [6.07, 6.45) is 2.53. The van der Waals surface area contributed by atoms with Crippen LogP contribution in [0.1, 0.15) is 16.1 Å². The Hall–Kier alpha value is -3.53. The fourth-order valence-electron chi connectivity index (χ4n) is 1.74. The molecule has 7 nitrogen and oxygen atoms in total. The lowest BCUT2D eigenvalue weighted by Gasteiger charge is -2.05. The third kappa shape index (κ3) is 4.22. The van der Waals surface area contributed by atoms with Crippen molar-refractivity contribution in [1.29, 1.82) is 5.26 Å². The van der Waals surface area contributed by atoms with Crippen molar-refractivity contribution >= 4 is 17.5 Å². The van der Waals surface area contributed by atoms with Gasteiger partial charge in [-0.05, 0) is 24.3 Å². The summed E-state index contributed by atoms with van der Waals surface area (Å²) in [5, 5.41) is 13.9. The van der Waals surface area contributed by atoms with Crippen molar-refractivity contribution in [2.24, 2.45) is 0 Å². The van der Waals surface area contributed by atoms with Gasteiger partial charge in [0.2, 0.25) is 0 Å². The van der Waals surface area contributed by atoms with Gasteiger partial charge in [-0.1, -0.05) is 12.1 Å². The Balaban J connectivity index is 1.98. The molecule has 0 aliphatic rings. The van der Waals surface area contributed by atoms with Gasteiger partial charge in [-0.3, -0.25) is 9.59 Å². The van der Waals surface area contributed by atoms with E-state index in [2.05, 4.69) is 10.6 Å². The van der Waals surface area contributed by atoms with E-state index < -0.39 is 11.8 Å². The second kappa shape index (κ2) is 7.47. The lowest BCUT2D eigenvalue weighted by molar-refractivity contribution is -0.117. The molecule has 1 aromatic heterocycles. The lowest BCUT2D eigenvalue weighted by atomic mass is 10.1. The molecule has 0 saturated carbocycles. The highest BCUT2D eigenvalue weighted by Gasteiger charge is 2.12. The first kappa shape index (κ1) is 15.9. The number of carbonyl (C=O) groups is 2. The summed E-state index contributed by atoms with van der Waals surface area (Å²) in [6.45, 7) is 0.143. The van der Waals surface area contributed by atoms with E-state index in [9.17, 15) is 9.59 Å². The van der Waals surface area contributed by atoms with Gasteiger partial charge in [0.05, 0.1) is 18.4 Å². The molecule has 1 aromatic carbocycles. The molecule has 1 heterocycles. The van der Waals surface area contributed by atoms with Gasteiger partial charge >= 0.3 is 0 Å². The predicted octanol–water partition coefficient (Wildman–Crippen LogP) is 1.32. The van der Waals surface area contributed by atoms with Gasteiger partial charge in [0.15, 0.2) is 0 Å². The van der Waals surface area contributed by atoms with Crippen molar-refractivity contribution in [1.82, 2.24) is 10.6 Å². The van der Waals surface area contributed by atoms with E-state index in [0.29, 0.717) is 11.4 Å². The first-order valence-corrected chi connectivity index (χ1v) is 6.68. The number of para-hydroxylation sites is 1. The molecule has 0 saturated heterocycles. The maximum Gasteiger partial charge on any atom is 0.263 e. The molecule has 0 atom stereocenters. The highest BCUT2D eigenvalue weighted by molar-refractivity contribution is 6.01.